The summed E-state index contributed by atoms with van der Waals surface area (Å²) in [6, 6.07) is 3.10. The van der Waals surface area contributed by atoms with Gasteiger partial charge in [0, 0.05) is 19.6 Å². The first-order chi connectivity index (χ1) is 8.00. The molecule has 1 aliphatic rings. The molecule has 2 heterocycles. The first-order valence-electron chi connectivity index (χ1n) is 5.74. The molecule has 5 heteroatoms. The standard InChI is InChI=1S/C12H18FN3O/c1-12(2)8-16(7-10(5-14)17-12)11-4-3-9(13)6-15-11/h3-4,6,10H,5,7-8,14H2,1-2H3. The van der Waals surface area contributed by atoms with E-state index in [2.05, 4.69) is 9.88 Å². The Kier molecular flexibility index (Phi) is 3.31. The third-order valence-corrected chi connectivity index (χ3v) is 2.78. The summed E-state index contributed by atoms with van der Waals surface area (Å²) in [5, 5.41) is 0. The van der Waals surface area contributed by atoms with Crippen LogP contribution in [-0.2, 0) is 4.74 Å². The van der Waals surface area contributed by atoms with Crippen LogP contribution in [-0.4, -0.2) is 36.3 Å². The molecule has 0 aliphatic carbocycles. The first-order valence-corrected chi connectivity index (χ1v) is 5.74. The van der Waals surface area contributed by atoms with E-state index >= 15 is 0 Å². The molecule has 94 valence electrons. The number of morpholine rings is 1. The second kappa shape index (κ2) is 4.58. The zero-order chi connectivity index (χ0) is 12.5. The molecule has 1 atom stereocenters. The van der Waals surface area contributed by atoms with Gasteiger partial charge in [0.25, 0.3) is 0 Å². The van der Waals surface area contributed by atoms with Gasteiger partial charge in [0.1, 0.15) is 11.6 Å². The second-order valence-corrected chi connectivity index (χ2v) is 4.95. The highest BCUT2D eigenvalue weighted by Gasteiger charge is 2.33. The predicted octanol–water partition coefficient (Wildman–Crippen LogP) is 1.16. The summed E-state index contributed by atoms with van der Waals surface area (Å²) < 4.78 is 18.7. The Morgan fingerprint density at radius 2 is 2.35 bits per heavy atom. The molecule has 1 aromatic rings. The molecule has 0 amide bonds. The monoisotopic (exact) mass is 239 g/mol. The molecule has 1 unspecified atom stereocenters. The lowest BCUT2D eigenvalue weighted by atomic mass is 10.1. The maximum Gasteiger partial charge on any atom is 0.141 e. The maximum absolute atomic E-state index is 12.8. The fourth-order valence-corrected chi connectivity index (χ4v) is 2.15. The van der Waals surface area contributed by atoms with Crippen LogP contribution in [0.3, 0.4) is 0 Å². The molecular weight excluding hydrogens is 221 g/mol. The van der Waals surface area contributed by atoms with Gasteiger partial charge in [0.2, 0.25) is 0 Å². The highest BCUT2D eigenvalue weighted by atomic mass is 19.1. The van der Waals surface area contributed by atoms with Crippen LogP contribution < -0.4 is 10.6 Å². The number of anilines is 1. The molecule has 2 rings (SSSR count). The molecule has 4 nitrogen and oxygen atoms in total. The quantitative estimate of drug-likeness (QED) is 0.841. The number of hydrogen-bond acceptors (Lipinski definition) is 4. The van der Waals surface area contributed by atoms with Crippen LogP contribution in [0, 0.1) is 5.82 Å². The highest BCUT2D eigenvalue weighted by Crippen LogP contribution is 2.24. The molecule has 1 saturated heterocycles. The highest BCUT2D eigenvalue weighted by molar-refractivity contribution is 5.39. The fourth-order valence-electron chi connectivity index (χ4n) is 2.15. The average molecular weight is 239 g/mol. The Labute approximate surface area is 101 Å². The average Bonchev–Trinajstić information content (AvgIpc) is 2.27. The molecule has 1 aliphatic heterocycles. The van der Waals surface area contributed by atoms with E-state index in [1.807, 2.05) is 13.8 Å². The molecule has 0 saturated carbocycles. The van der Waals surface area contributed by atoms with Crippen molar-refractivity contribution in [3.05, 3.63) is 24.1 Å². The summed E-state index contributed by atoms with van der Waals surface area (Å²) in [4.78, 5) is 6.17. The Hall–Kier alpha value is -1.20. The van der Waals surface area contributed by atoms with Crippen molar-refractivity contribution in [2.45, 2.75) is 25.6 Å². The van der Waals surface area contributed by atoms with Gasteiger partial charge in [-0.1, -0.05) is 0 Å². The number of nitrogens with two attached hydrogens (primary N) is 1. The molecule has 0 radical (unpaired) electrons. The van der Waals surface area contributed by atoms with Gasteiger partial charge in [-0.15, -0.1) is 0 Å². The van der Waals surface area contributed by atoms with Gasteiger partial charge in [0.05, 0.1) is 17.9 Å². The number of ether oxygens (including phenoxy) is 1. The summed E-state index contributed by atoms with van der Waals surface area (Å²) in [6.07, 6.45) is 1.22. The first kappa shape index (κ1) is 12.3. The van der Waals surface area contributed by atoms with E-state index in [-0.39, 0.29) is 17.5 Å². The van der Waals surface area contributed by atoms with Gasteiger partial charge in [-0.05, 0) is 26.0 Å². The SMILES string of the molecule is CC1(C)CN(c2ccc(F)cn2)CC(CN)O1. The molecule has 0 spiro atoms. The molecular formula is C12H18FN3O. The molecule has 2 N–H and O–H groups in total. The Bertz CT molecular complexity index is 380. The number of halogens is 1. The third kappa shape index (κ3) is 2.92. The number of hydrogen-bond donors (Lipinski definition) is 1. The van der Waals surface area contributed by atoms with Crippen molar-refractivity contribution >= 4 is 5.82 Å². The van der Waals surface area contributed by atoms with Crippen molar-refractivity contribution in [1.82, 2.24) is 4.98 Å². The van der Waals surface area contributed by atoms with Crippen molar-refractivity contribution < 1.29 is 9.13 Å². The third-order valence-electron chi connectivity index (χ3n) is 2.78. The van der Waals surface area contributed by atoms with E-state index < -0.39 is 0 Å². The zero-order valence-corrected chi connectivity index (χ0v) is 10.2. The number of rotatable bonds is 2. The number of aromatic nitrogens is 1. The molecule has 1 aromatic heterocycles. The molecule has 1 fully saturated rings. The summed E-state index contributed by atoms with van der Waals surface area (Å²) in [7, 11) is 0. The Balaban J connectivity index is 2.17. The van der Waals surface area contributed by atoms with E-state index in [1.54, 1.807) is 6.07 Å². The molecule has 0 aromatic carbocycles. The smallest absolute Gasteiger partial charge is 0.141 e. The minimum atomic E-state index is -0.323. The van der Waals surface area contributed by atoms with Crippen LogP contribution in [0.15, 0.2) is 18.3 Å². The maximum atomic E-state index is 12.8. The van der Waals surface area contributed by atoms with Gasteiger partial charge < -0.3 is 15.4 Å². The predicted molar refractivity (Wildman–Crippen MR) is 64.4 cm³/mol. The van der Waals surface area contributed by atoms with Crippen LogP contribution in [0.25, 0.3) is 0 Å². The number of nitrogens with zero attached hydrogens (tertiary/aromatic N) is 2. The Morgan fingerprint density at radius 3 is 2.94 bits per heavy atom. The lowest BCUT2D eigenvalue weighted by Gasteiger charge is -2.43. The van der Waals surface area contributed by atoms with Crippen molar-refractivity contribution in [3.8, 4) is 0 Å². The van der Waals surface area contributed by atoms with Gasteiger partial charge >= 0.3 is 0 Å². The summed E-state index contributed by atoms with van der Waals surface area (Å²) in [6.45, 7) is 5.93. The topological polar surface area (TPSA) is 51.4 Å². The van der Waals surface area contributed by atoms with Gasteiger partial charge in [-0.2, -0.15) is 0 Å². The van der Waals surface area contributed by atoms with Crippen molar-refractivity contribution in [2.75, 3.05) is 24.5 Å². The molecule has 0 bridgehead atoms. The largest absolute Gasteiger partial charge is 0.367 e. The van der Waals surface area contributed by atoms with Crippen LogP contribution in [0.5, 0.6) is 0 Å². The van der Waals surface area contributed by atoms with E-state index in [9.17, 15) is 4.39 Å². The van der Waals surface area contributed by atoms with Crippen LogP contribution in [0.2, 0.25) is 0 Å². The van der Waals surface area contributed by atoms with Crippen LogP contribution >= 0.6 is 0 Å². The lowest BCUT2D eigenvalue weighted by molar-refractivity contribution is -0.0790. The summed E-state index contributed by atoms with van der Waals surface area (Å²) in [5.74, 6) is 0.442. The van der Waals surface area contributed by atoms with E-state index in [0.717, 1.165) is 12.4 Å². The lowest BCUT2D eigenvalue weighted by Crippen LogP contribution is -2.55. The van der Waals surface area contributed by atoms with E-state index in [1.165, 1.54) is 12.3 Å². The Morgan fingerprint density at radius 1 is 1.59 bits per heavy atom. The van der Waals surface area contributed by atoms with Gasteiger partial charge in [0.15, 0.2) is 0 Å². The van der Waals surface area contributed by atoms with Gasteiger partial charge in [-0.25, -0.2) is 9.37 Å². The van der Waals surface area contributed by atoms with E-state index in [0.29, 0.717) is 13.1 Å². The van der Waals surface area contributed by atoms with Crippen molar-refractivity contribution in [1.29, 1.82) is 0 Å². The van der Waals surface area contributed by atoms with Crippen molar-refractivity contribution in [3.63, 3.8) is 0 Å². The van der Waals surface area contributed by atoms with Crippen molar-refractivity contribution in [2.24, 2.45) is 5.73 Å². The van der Waals surface area contributed by atoms with Crippen LogP contribution in [0.1, 0.15) is 13.8 Å². The minimum Gasteiger partial charge on any atom is -0.367 e. The normalized spacial score (nSPS) is 23.8. The second-order valence-electron chi connectivity index (χ2n) is 4.95. The zero-order valence-electron chi connectivity index (χ0n) is 10.2. The summed E-state index contributed by atoms with van der Waals surface area (Å²) in [5.41, 5.74) is 5.39. The van der Waals surface area contributed by atoms with Crippen LogP contribution in [0.4, 0.5) is 10.2 Å². The minimum absolute atomic E-state index is 0.00870. The van der Waals surface area contributed by atoms with E-state index in [4.69, 9.17) is 10.5 Å². The van der Waals surface area contributed by atoms with Gasteiger partial charge in [-0.3, -0.25) is 0 Å². The molecule has 17 heavy (non-hydrogen) atoms. The number of pyridine rings is 1. The summed E-state index contributed by atoms with van der Waals surface area (Å²) >= 11 is 0. The fraction of sp³-hybridized carbons (Fsp3) is 0.583.